The van der Waals surface area contributed by atoms with Crippen LogP contribution in [0.25, 0.3) is 22.0 Å². The molecule has 1 aromatic carbocycles. The highest BCUT2D eigenvalue weighted by atomic mass is 35.5. The van der Waals surface area contributed by atoms with E-state index in [2.05, 4.69) is 59.9 Å². The monoisotopic (exact) mass is 340 g/mol. The van der Waals surface area contributed by atoms with E-state index in [4.69, 9.17) is 16.6 Å². The van der Waals surface area contributed by atoms with Gasteiger partial charge in [-0.15, -0.1) is 0 Å². The molecule has 3 rings (SSSR count). The van der Waals surface area contributed by atoms with Gasteiger partial charge in [0.25, 0.3) is 0 Å². The Morgan fingerprint density at radius 1 is 0.958 bits per heavy atom. The molecule has 3 aromatic rings. The van der Waals surface area contributed by atoms with E-state index >= 15 is 0 Å². The van der Waals surface area contributed by atoms with Crippen LogP contribution in [0.3, 0.4) is 0 Å². The number of hydrogen-bond acceptors (Lipinski definition) is 4. The fourth-order valence-electron chi connectivity index (χ4n) is 2.50. The van der Waals surface area contributed by atoms with E-state index in [1.54, 1.807) is 6.20 Å². The number of pyridine rings is 1. The second kappa shape index (κ2) is 6.02. The third-order valence-electron chi connectivity index (χ3n) is 3.93. The summed E-state index contributed by atoms with van der Waals surface area (Å²) in [5.74, 6) is 0.734. The summed E-state index contributed by atoms with van der Waals surface area (Å²) in [6, 6.07) is 8.33. The van der Waals surface area contributed by atoms with Crippen LogP contribution in [0.5, 0.6) is 0 Å². The van der Waals surface area contributed by atoms with E-state index in [9.17, 15) is 0 Å². The summed E-state index contributed by atoms with van der Waals surface area (Å²) < 4.78 is 0. The third-order valence-corrected chi connectivity index (χ3v) is 4.22. The standard InChI is InChI=1S/C19H21ClN4/c1-19(2,3)18-22-16-14(10-21-11-15(16)17(20)23-18)12-6-8-13(9-7-12)24(4)5/h6-11H,1-5H3. The quantitative estimate of drug-likeness (QED) is 0.634. The minimum atomic E-state index is -0.173. The van der Waals surface area contributed by atoms with Gasteiger partial charge in [0.05, 0.1) is 10.9 Å². The van der Waals surface area contributed by atoms with Gasteiger partial charge in [0.15, 0.2) is 0 Å². The molecule has 5 heteroatoms. The Morgan fingerprint density at radius 3 is 2.21 bits per heavy atom. The largest absolute Gasteiger partial charge is 0.378 e. The average Bonchev–Trinajstić information content (AvgIpc) is 2.53. The molecular weight excluding hydrogens is 320 g/mol. The van der Waals surface area contributed by atoms with Crippen LogP contribution in [0.15, 0.2) is 36.7 Å². The van der Waals surface area contributed by atoms with E-state index in [0.717, 1.165) is 33.5 Å². The van der Waals surface area contributed by atoms with Crippen molar-refractivity contribution in [2.24, 2.45) is 0 Å². The number of fused-ring (bicyclic) bond motifs is 1. The first-order valence-corrected chi connectivity index (χ1v) is 8.24. The zero-order valence-electron chi connectivity index (χ0n) is 14.6. The molecule has 2 heterocycles. The molecule has 0 N–H and O–H groups in total. The lowest BCUT2D eigenvalue weighted by Gasteiger charge is -2.18. The Balaban J connectivity index is 2.22. The molecule has 0 saturated carbocycles. The molecule has 0 unspecified atom stereocenters. The second-order valence-electron chi connectivity index (χ2n) is 7.11. The molecule has 0 atom stereocenters. The molecule has 24 heavy (non-hydrogen) atoms. The zero-order chi connectivity index (χ0) is 17.5. The Kier molecular flexibility index (Phi) is 4.18. The number of anilines is 1. The highest BCUT2D eigenvalue weighted by molar-refractivity contribution is 6.34. The van der Waals surface area contributed by atoms with Crippen molar-refractivity contribution in [3.05, 3.63) is 47.6 Å². The maximum absolute atomic E-state index is 6.40. The lowest BCUT2D eigenvalue weighted by atomic mass is 9.95. The van der Waals surface area contributed by atoms with Gasteiger partial charge in [-0.25, -0.2) is 9.97 Å². The highest BCUT2D eigenvalue weighted by Crippen LogP contribution is 2.32. The van der Waals surface area contributed by atoms with Crippen molar-refractivity contribution in [2.45, 2.75) is 26.2 Å². The van der Waals surface area contributed by atoms with Crippen molar-refractivity contribution in [2.75, 3.05) is 19.0 Å². The third kappa shape index (κ3) is 3.06. The van der Waals surface area contributed by atoms with Crippen LogP contribution in [-0.4, -0.2) is 29.0 Å². The Morgan fingerprint density at radius 2 is 1.62 bits per heavy atom. The predicted octanol–water partition coefficient (Wildman–Crippen LogP) is 4.71. The van der Waals surface area contributed by atoms with Crippen LogP contribution in [0.4, 0.5) is 5.69 Å². The van der Waals surface area contributed by atoms with Gasteiger partial charge in [-0.3, -0.25) is 4.98 Å². The molecule has 0 fully saturated rings. The van der Waals surface area contributed by atoms with E-state index < -0.39 is 0 Å². The van der Waals surface area contributed by atoms with Crippen LogP contribution in [0.2, 0.25) is 5.15 Å². The molecule has 0 radical (unpaired) electrons. The molecule has 0 spiro atoms. The molecule has 0 saturated heterocycles. The molecule has 124 valence electrons. The molecule has 0 aliphatic heterocycles. The maximum Gasteiger partial charge on any atom is 0.142 e. The van der Waals surface area contributed by atoms with E-state index in [0.29, 0.717) is 5.15 Å². The summed E-state index contributed by atoms with van der Waals surface area (Å²) in [5, 5.41) is 1.23. The number of halogens is 1. The van der Waals surface area contributed by atoms with Gasteiger partial charge in [0.1, 0.15) is 11.0 Å². The Hall–Kier alpha value is -2.20. The minimum absolute atomic E-state index is 0.173. The topological polar surface area (TPSA) is 41.9 Å². The fourth-order valence-corrected chi connectivity index (χ4v) is 2.71. The maximum atomic E-state index is 6.40. The molecular formula is C19H21ClN4. The number of benzene rings is 1. The van der Waals surface area contributed by atoms with Crippen molar-refractivity contribution >= 4 is 28.2 Å². The molecule has 0 bridgehead atoms. The summed E-state index contributed by atoms with van der Waals surface area (Å²) in [6.07, 6.45) is 3.56. The van der Waals surface area contributed by atoms with Crippen molar-refractivity contribution in [3.63, 3.8) is 0 Å². The van der Waals surface area contributed by atoms with Gasteiger partial charge in [-0.1, -0.05) is 44.5 Å². The van der Waals surface area contributed by atoms with E-state index in [1.165, 1.54) is 0 Å². The number of rotatable bonds is 2. The van der Waals surface area contributed by atoms with Gasteiger partial charge in [-0.05, 0) is 17.7 Å². The lowest BCUT2D eigenvalue weighted by Crippen LogP contribution is -2.16. The SMILES string of the molecule is CN(C)c1ccc(-c2cncc3c(Cl)nc(C(C)(C)C)nc23)cc1. The molecule has 2 aromatic heterocycles. The van der Waals surface area contributed by atoms with Crippen LogP contribution in [0.1, 0.15) is 26.6 Å². The van der Waals surface area contributed by atoms with Crippen molar-refractivity contribution in [1.82, 2.24) is 15.0 Å². The minimum Gasteiger partial charge on any atom is -0.378 e. The zero-order valence-corrected chi connectivity index (χ0v) is 15.4. The van der Waals surface area contributed by atoms with Gasteiger partial charge in [0.2, 0.25) is 0 Å². The normalized spacial score (nSPS) is 11.8. The molecule has 0 aliphatic carbocycles. The van der Waals surface area contributed by atoms with Crippen LogP contribution < -0.4 is 4.90 Å². The van der Waals surface area contributed by atoms with Gasteiger partial charge < -0.3 is 4.90 Å². The first-order chi connectivity index (χ1) is 11.3. The Bertz CT molecular complexity index is 880. The molecule has 0 aliphatic rings. The number of nitrogens with zero attached hydrogens (tertiary/aromatic N) is 4. The van der Waals surface area contributed by atoms with Gasteiger partial charge in [0, 0.05) is 43.2 Å². The number of hydrogen-bond donors (Lipinski definition) is 0. The summed E-state index contributed by atoms with van der Waals surface area (Å²) >= 11 is 6.40. The van der Waals surface area contributed by atoms with Crippen molar-refractivity contribution in [1.29, 1.82) is 0 Å². The first kappa shape index (κ1) is 16.7. The fraction of sp³-hybridized carbons (Fsp3) is 0.316. The number of aromatic nitrogens is 3. The van der Waals surface area contributed by atoms with Crippen LogP contribution in [-0.2, 0) is 5.41 Å². The highest BCUT2D eigenvalue weighted by Gasteiger charge is 2.20. The summed E-state index contributed by atoms with van der Waals surface area (Å²) in [4.78, 5) is 15.6. The van der Waals surface area contributed by atoms with Crippen LogP contribution >= 0.6 is 11.6 Å². The Labute approximate surface area is 147 Å². The van der Waals surface area contributed by atoms with Gasteiger partial charge >= 0.3 is 0 Å². The predicted molar refractivity (Wildman–Crippen MR) is 101 cm³/mol. The summed E-state index contributed by atoms with van der Waals surface area (Å²) in [5.41, 5.74) is 3.84. The van der Waals surface area contributed by atoms with Crippen molar-refractivity contribution in [3.8, 4) is 11.1 Å². The molecule has 0 amide bonds. The summed E-state index contributed by atoms with van der Waals surface area (Å²) in [6.45, 7) is 6.24. The van der Waals surface area contributed by atoms with E-state index in [1.807, 2.05) is 20.3 Å². The van der Waals surface area contributed by atoms with Gasteiger partial charge in [-0.2, -0.15) is 0 Å². The first-order valence-electron chi connectivity index (χ1n) is 7.87. The van der Waals surface area contributed by atoms with E-state index in [-0.39, 0.29) is 5.41 Å². The average molecular weight is 341 g/mol. The second-order valence-corrected chi connectivity index (χ2v) is 7.47. The van der Waals surface area contributed by atoms with Crippen LogP contribution in [0, 0.1) is 0 Å². The summed E-state index contributed by atoms with van der Waals surface area (Å²) in [7, 11) is 4.05. The van der Waals surface area contributed by atoms with Crippen molar-refractivity contribution < 1.29 is 0 Å². The lowest BCUT2D eigenvalue weighted by molar-refractivity contribution is 0.548. The molecule has 4 nitrogen and oxygen atoms in total. The smallest absolute Gasteiger partial charge is 0.142 e.